The highest BCUT2D eigenvalue weighted by atomic mass is 16.5. The number of hydrogen-bond acceptors (Lipinski definition) is 5. The molecule has 0 radical (unpaired) electrons. The van der Waals surface area contributed by atoms with Crippen molar-refractivity contribution in [3.63, 3.8) is 0 Å². The molecule has 0 saturated carbocycles. The Morgan fingerprint density at radius 3 is 2.60 bits per heavy atom. The molecule has 0 bridgehead atoms. The third kappa shape index (κ3) is 3.18. The zero-order valence-corrected chi connectivity index (χ0v) is 10.7. The largest absolute Gasteiger partial charge is 0.490 e. The number of carboxylic acids is 1. The van der Waals surface area contributed by atoms with Crippen molar-refractivity contribution < 1.29 is 29.3 Å². The fourth-order valence-electron chi connectivity index (χ4n) is 1.73. The van der Waals surface area contributed by atoms with Gasteiger partial charge >= 0.3 is 5.97 Å². The van der Waals surface area contributed by atoms with E-state index in [4.69, 9.17) is 19.7 Å². The second-order valence-electron chi connectivity index (χ2n) is 4.26. The smallest absolute Gasteiger partial charge is 0.328 e. The molecule has 0 spiro atoms. The Morgan fingerprint density at radius 2 is 1.95 bits per heavy atom. The van der Waals surface area contributed by atoms with Crippen LogP contribution in [0.15, 0.2) is 18.2 Å². The van der Waals surface area contributed by atoms with Crippen molar-refractivity contribution in [1.82, 2.24) is 5.32 Å². The Morgan fingerprint density at radius 1 is 1.25 bits per heavy atom. The standard InChI is InChI=1S/C13H15NO6/c15-7-9(13(17)18)14-12(16)8-2-3-10-11(6-8)20-5-1-4-19-10/h2-3,6,9,15H,1,4-5,7H2,(H,14,16)(H,17,18)/t9-/m1/s1. The molecule has 7 nitrogen and oxygen atoms in total. The number of aliphatic hydroxyl groups excluding tert-OH is 1. The van der Waals surface area contributed by atoms with E-state index < -0.39 is 24.5 Å². The van der Waals surface area contributed by atoms with Crippen LogP contribution in [0.25, 0.3) is 0 Å². The van der Waals surface area contributed by atoms with Gasteiger partial charge in [0.05, 0.1) is 19.8 Å². The summed E-state index contributed by atoms with van der Waals surface area (Å²) in [6.45, 7) is 0.363. The first-order valence-corrected chi connectivity index (χ1v) is 6.16. The first-order valence-electron chi connectivity index (χ1n) is 6.16. The van der Waals surface area contributed by atoms with Crippen LogP contribution in [0.2, 0.25) is 0 Å². The second kappa shape index (κ2) is 6.25. The average Bonchev–Trinajstić information content (AvgIpc) is 2.68. The van der Waals surface area contributed by atoms with Crippen LogP contribution < -0.4 is 14.8 Å². The van der Waals surface area contributed by atoms with Gasteiger partial charge in [0.15, 0.2) is 17.5 Å². The highest BCUT2D eigenvalue weighted by molar-refractivity contribution is 5.97. The van der Waals surface area contributed by atoms with E-state index in [1.165, 1.54) is 12.1 Å². The van der Waals surface area contributed by atoms with Crippen LogP contribution >= 0.6 is 0 Å². The summed E-state index contributed by atoms with van der Waals surface area (Å²) in [5.74, 6) is -0.890. The number of fused-ring (bicyclic) bond motifs is 1. The van der Waals surface area contributed by atoms with Crippen LogP contribution in [0, 0.1) is 0 Å². The van der Waals surface area contributed by atoms with Crippen molar-refractivity contribution in [2.45, 2.75) is 12.5 Å². The normalized spacial score (nSPS) is 15.1. The molecule has 0 fully saturated rings. The highest BCUT2D eigenvalue weighted by Crippen LogP contribution is 2.30. The van der Waals surface area contributed by atoms with E-state index in [9.17, 15) is 9.59 Å². The average molecular weight is 281 g/mol. The van der Waals surface area contributed by atoms with Crippen LogP contribution in [-0.2, 0) is 4.79 Å². The maximum absolute atomic E-state index is 11.9. The summed E-state index contributed by atoms with van der Waals surface area (Å²) in [4.78, 5) is 22.7. The van der Waals surface area contributed by atoms with Gasteiger partial charge in [0.25, 0.3) is 5.91 Å². The number of hydrogen-bond donors (Lipinski definition) is 3. The molecule has 1 aromatic carbocycles. The molecule has 20 heavy (non-hydrogen) atoms. The van der Waals surface area contributed by atoms with Gasteiger partial charge in [-0.1, -0.05) is 0 Å². The van der Waals surface area contributed by atoms with Crippen molar-refractivity contribution in [2.75, 3.05) is 19.8 Å². The molecule has 1 amide bonds. The topological polar surface area (TPSA) is 105 Å². The van der Waals surface area contributed by atoms with Gasteiger partial charge in [0.2, 0.25) is 0 Å². The van der Waals surface area contributed by atoms with Gasteiger partial charge in [-0.3, -0.25) is 4.79 Å². The summed E-state index contributed by atoms with van der Waals surface area (Å²) in [6, 6.07) is 3.27. The molecule has 0 aromatic heterocycles. The molecule has 3 N–H and O–H groups in total. The summed E-state index contributed by atoms with van der Waals surface area (Å²) in [5, 5.41) is 19.9. The van der Waals surface area contributed by atoms with Crippen LogP contribution in [0.4, 0.5) is 0 Å². The van der Waals surface area contributed by atoms with Crippen molar-refractivity contribution in [1.29, 1.82) is 0 Å². The molecule has 0 unspecified atom stereocenters. The Bertz CT molecular complexity index is 516. The number of rotatable bonds is 4. The number of nitrogens with one attached hydrogen (secondary N) is 1. The predicted octanol–water partition coefficient (Wildman–Crippen LogP) is 0.0232. The van der Waals surface area contributed by atoms with Crippen molar-refractivity contribution >= 4 is 11.9 Å². The van der Waals surface area contributed by atoms with E-state index in [1.807, 2.05) is 0 Å². The van der Waals surface area contributed by atoms with E-state index in [2.05, 4.69) is 5.32 Å². The fourth-order valence-corrected chi connectivity index (χ4v) is 1.73. The first-order chi connectivity index (χ1) is 9.61. The van der Waals surface area contributed by atoms with Gasteiger partial charge in [-0.05, 0) is 18.2 Å². The molecule has 108 valence electrons. The lowest BCUT2D eigenvalue weighted by molar-refractivity contribution is -0.140. The number of aliphatic carboxylic acids is 1. The molecule has 2 rings (SSSR count). The molecular formula is C13H15NO6. The molecule has 7 heteroatoms. The Labute approximate surface area is 115 Å². The highest BCUT2D eigenvalue weighted by Gasteiger charge is 2.21. The summed E-state index contributed by atoms with van der Waals surface area (Å²) in [5.41, 5.74) is 0.244. The molecule has 0 aliphatic carbocycles. The van der Waals surface area contributed by atoms with E-state index >= 15 is 0 Å². The van der Waals surface area contributed by atoms with Crippen LogP contribution in [0.5, 0.6) is 11.5 Å². The van der Waals surface area contributed by atoms with E-state index in [1.54, 1.807) is 6.07 Å². The van der Waals surface area contributed by atoms with Crippen LogP contribution in [-0.4, -0.2) is 48.0 Å². The third-order valence-electron chi connectivity index (χ3n) is 2.80. The maximum Gasteiger partial charge on any atom is 0.328 e. The van der Waals surface area contributed by atoms with E-state index in [0.717, 1.165) is 6.42 Å². The minimum atomic E-state index is -1.33. The van der Waals surface area contributed by atoms with Gasteiger partial charge in [-0.15, -0.1) is 0 Å². The summed E-state index contributed by atoms with van der Waals surface area (Å²) in [7, 11) is 0. The minimum Gasteiger partial charge on any atom is -0.490 e. The quantitative estimate of drug-likeness (QED) is 0.718. The second-order valence-corrected chi connectivity index (χ2v) is 4.26. The van der Waals surface area contributed by atoms with Crippen molar-refractivity contribution in [2.24, 2.45) is 0 Å². The van der Waals surface area contributed by atoms with Crippen molar-refractivity contribution in [3.8, 4) is 11.5 Å². The summed E-state index contributed by atoms with van der Waals surface area (Å²) < 4.78 is 10.9. The lowest BCUT2D eigenvalue weighted by atomic mass is 10.1. The number of aliphatic hydroxyl groups is 1. The number of carboxylic acid groups (broad SMARTS) is 1. The summed E-state index contributed by atoms with van der Waals surface area (Å²) >= 11 is 0. The van der Waals surface area contributed by atoms with Crippen LogP contribution in [0.3, 0.4) is 0 Å². The fraction of sp³-hybridized carbons (Fsp3) is 0.385. The maximum atomic E-state index is 11.9. The van der Waals surface area contributed by atoms with Crippen molar-refractivity contribution in [3.05, 3.63) is 23.8 Å². The lowest BCUT2D eigenvalue weighted by Crippen LogP contribution is -2.43. The molecule has 1 atom stereocenters. The number of carbonyl (C=O) groups is 2. The van der Waals surface area contributed by atoms with Gasteiger partial charge in [-0.25, -0.2) is 4.79 Å². The monoisotopic (exact) mass is 281 g/mol. The van der Waals surface area contributed by atoms with Gasteiger partial charge in [0.1, 0.15) is 0 Å². The summed E-state index contributed by atoms with van der Waals surface area (Å²) in [6.07, 6.45) is 0.752. The third-order valence-corrected chi connectivity index (χ3v) is 2.80. The molecule has 1 aliphatic rings. The van der Waals surface area contributed by atoms with Gasteiger partial charge in [-0.2, -0.15) is 0 Å². The lowest BCUT2D eigenvalue weighted by Gasteiger charge is -2.13. The number of carbonyl (C=O) groups excluding carboxylic acids is 1. The Kier molecular flexibility index (Phi) is 4.41. The van der Waals surface area contributed by atoms with Crippen LogP contribution in [0.1, 0.15) is 16.8 Å². The molecule has 1 heterocycles. The SMILES string of the molecule is O=C(N[C@H](CO)C(=O)O)c1ccc2c(c1)OCCCO2. The minimum absolute atomic E-state index is 0.244. The number of amides is 1. The van der Waals surface area contributed by atoms with E-state index in [-0.39, 0.29) is 5.56 Å². The number of ether oxygens (including phenoxy) is 2. The van der Waals surface area contributed by atoms with Gasteiger partial charge in [0, 0.05) is 12.0 Å². The molecule has 1 aliphatic heterocycles. The van der Waals surface area contributed by atoms with Gasteiger partial charge < -0.3 is 25.0 Å². The zero-order valence-electron chi connectivity index (χ0n) is 10.7. The molecular weight excluding hydrogens is 266 g/mol. The number of benzene rings is 1. The first kappa shape index (κ1) is 14.1. The Hall–Kier alpha value is -2.28. The zero-order chi connectivity index (χ0) is 14.5. The Balaban J connectivity index is 2.14. The molecule has 0 saturated heterocycles. The predicted molar refractivity (Wildman–Crippen MR) is 68.0 cm³/mol. The van der Waals surface area contributed by atoms with E-state index in [0.29, 0.717) is 24.7 Å². The molecule has 1 aromatic rings.